The minimum atomic E-state index is -0.0114. The van der Waals surface area contributed by atoms with Gasteiger partial charge in [0.05, 0.1) is 18.8 Å². The Morgan fingerprint density at radius 2 is 1.96 bits per heavy atom. The van der Waals surface area contributed by atoms with Crippen molar-refractivity contribution in [2.24, 2.45) is 5.41 Å². The van der Waals surface area contributed by atoms with Gasteiger partial charge in [-0.1, -0.05) is 18.2 Å². The molecule has 0 radical (unpaired) electrons. The van der Waals surface area contributed by atoms with Crippen molar-refractivity contribution in [2.75, 3.05) is 44.3 Å². The molecule has 0 aliphatic carbocycles. The lowest BCUT2D eigenvalue weighted by Crippen LogP contribution is -2.52. The van der Waals surface area contributed by atoms with Gasteiger partial charge in [0, 0.05) is 49.7 Å². The van der Waals surface area contributed by atoms with Crippen LogP contribution in [0.4, 0.5) is 5.69 Å². The van der Waals surface area contributed by atoms with Crippen molar-refractivity contribution >= 4 is 11.6 Å². The summed E-state index contributed by atoms with van der Waals surface area (Å²) in [5, 5.41) is 0. The topological polar surface area (TPSA) is 45.7 Å². The average Bonchev–Trinajstić information content (AvgIpc) is 2.91. The summed E-state index contributed by atoms with van der Waals surface area (Å²) in [5.74, 6) is 0.0766. The summed E-state index contributed by atoms with van der Waals surface area (Å²) in [6, 6.07) is 14.2. The highest BCUT2D eigenvalue weighted by atomic mass is 16.5. The Morgan fingerprint density at radius 1 is 1.08 bits per heavy atom. The van der Waals surface area contributed by atoms with Gasteiger partial charge in [0.1, 0.15) is 0 Å². The van der Waals surface area contributed by atoms with Crippen LogP contribution in [0.25, 0.3) is 0 Å². The molecule has 4 rings (SSSR count). The van der Waals surface area contributed by atoms with Crippen molar-refractivity contribution in [1.82, 2.24) is 9.88 Å². The molecule has 1 aromatic heterocycles. The van der Waals surface area contributed by atoms with E-state index in [1.54, 1.807) is 12.4 Å². The molecule has 1 atom stereocenters. The molecule has 0 bridgehead atoms. The maximum absolute atomic E-state index is 12.9. The lowest BCUT2D eigenvalue weighted by molar-refractivity contribution is 0.0135. The first-order valence-electron chi connectivity index (χ1n) is 9.33. The quantitative estimate of drug-likeness (QED) is 0.835. The average molecular weight is 351 g/mol. The Bertz CT molecular complexity index is 737. The maximum Gasteiger partial charge on any atom is 0.255 e. The number of anilines is 1. The molecule has 1 spiro atoms. The summed E-state index contributed by atoms with van der Waals surface area (Å²) in [6.07, 6.45) is 5.46. The lowest BCUT2D eigenvalue weighted by Gasteiger charge is -2.44. The van der Waals surface area contributed by atoms with Crippen LogP contribution >= 0.6 is 0 Å². The summed E-state index contributed by atoms with van der Waals surface area (Å²) in [6.45, 7) is 4.81. The molecule has 2 fully saturated rings. The Hall–Kier alpha value is -2.40. The van der Waals surface area contributed by atoms with Gasteiger partial charge in [-0.2, -0.15) is 0 Å². The van der Waals surface area contributed by atoms with E-state index in [1.807, 2.05) is 23.1 Å². The predicted molar refractivity (Wildman–Crippen MR) is 101 cm³/mol. The maximum atomic E-state index is 12.9. The molecular formula is C21H25N3O2. The first-order valence-corrected chi connectivity index (χ1v) is 9.33. The highest BCUT2D eigenvalue weighted by molar-refractivity contribution is 5.94. The minimum absolute atomic E-state index is 0.0114. The Morgan fingerprint density at radius 3 is 2.77 bits per heavy atom. The van der Waals surface area contributed by atoms with Gasteiger partial charge in [0.25, 0.3) is 5.91 Å². The van der Waals surface area contributed by atoms with Gasteiger partial charge < -0.3 is 14.5 Å². The van der Waals surface area contributed by atoms with E-state index in [4.69, 9.17) is 4.74 Å². The minimum Gasteiger partial charge on any atom is -0.379 e. The standard InChI is InChI=1S/C21H25N3O2/c25-20(18-6-4-10-22-14-18)24-11-5-9-21(16-24)15-23(12-13-26-17-21)19-7-2-1-3-8-19/h1-4,6-8,10,14H,5,9,11-13,15-17H2/t21-/m1/s1. The van der Waals surface area contributed by atoms with E-state index in [9.17, 15) is 4.79 Å². The van der Waals surface area contributed by atoms with E-state index in [0.717, 1.165) is 45.6 Å². The summed E-state index contributed by atoms with van der Waals surface area (Å²) < 4.78 is 5.98. The Balaban J connectivity index is 1.53. The van der Waals surface area contributed by atoms with Crippen molar-refractivity contribution in [1.29, 1.82) is 0 Å². The summed E-state index contributed by atoms with van der Waals surface area (Å²) in [5.41, 5.74) is 1.88. The fraction of sp³-hybridized carbons (Fsp3) is 0.429. The van der Waals surface area contributed by atoms with Gasteiger partial charge in [-0.25, -0.2) is 0 Å². The summed E-state index contributed by atoms with van der Waals surface area (Å²) in [7, 11) is 0. The van der Waals surface area contributed by atoms with E-state index in [2.05, 4.69) is 34.1 Å². The van der Waals surface area contributed by atoms with Gasteiger partial charge in [-0.3, -0.25) is 9.78 Å². The number of nitrogens with zero attached hydrogens (tertiary/aromatic N) is 3. The molecule has 2 aliphatic rings. The second-order valence-corrected chi connectivity index (χ2v) is 7.38. The second kappa shape index (κ2) is 7.46. The van der Waals surface area contributed by atoms with Crippen LogP contribution in [-0.4, -0.2) is 55.2 Å². The number of carbonyl (C=O) groups excluding carboxylic acids is 1. The number of ether oxygens (including phenoxy) is 1. The van der Waals surface area contributed by atoms with E-state index < -0.39 is 0 Å². The number of likely N-dealkylation sites (tertiary alicyclic amines) is 1. The Labute approximate surface area is 154 Å². The van der Waals surface area contributed by atoms with E-state index >= 15 is 0 Å². The molecule has 2 aliphatic heterocycles. The number of amides is 1. The Kier molecular flexibility index (Phi) is 4.89. The van der Waals surface area contributed by atoms with Crippen LogP contribution in [0, 0.1) is 5.41 Å². The molecular weight excluding hydrogens is 326 g/mol. The number of pyridine rings is 1. The SMILES string of the molecule is O=C(c1cccnc1)N1CCC[C@]2(COCCN(c3ccccc3)C2)C1. The number of rotatable bonds is 2. The number of para-hydroxylation sites is 1. The van der Waals surface area contributed by atoms with Crippen molar-refractivity contribution < 1.29 is 9.53 Å². The van der Waals surface area contributed by atoms with E-state index in [1.165, 1.54) is 5.69 Å². The third-order valence-electron chi connectivity index (χ3n) is 5.42. The molecule has 3 heterocycles. The molecule has 2 saturated heterocycles. The number of benzene rings is 1. The first kappa shape index (κ1) is 17.0. The van der Waals surface area contributed by atoms with Crippen LogP contribution in [-0.2, 0) is 4.74 Å². The molecule has 0 unspecified atom stereocenters. The lowest BCUT2D eigenvalue weighted by atomic mass is 9.79. The fourth-order valence-electron chi connectivity index (χ4n) is 4.15. The molecule has 1 amide bonds. The van der Waals surface area contributed by atoms with Crippen molar-refractivity contribution in [3.05, 3.63) is 60.4 Å². The third kappa shape index (κ3) is 3.58. The van der Waals surface area contributed by atoms with Gasteiger partial charge in [-0.05, 0) is 37.1 Å². The molecule has 5 heteroatoms. The van der Waals surface area contributed by atoms with Crippen LogP contribution in [0.15, 0.2) is 54.9 Å². The number of piperidine rings is 1. The molecule has 1 aromatic carbocycles. The van der Waals surface area contributed by atoms with Gasteiger partial charge >= 0.3 is 0 Å². The second-order valence-electron chi connectivity index (χ2n) is 7.38. The monoisotopic (exact) mass is 351 g/mol. The van der Waals surface area contributed by atoms with Crippen molar-refractivity contribution in [3.8, 4) is 0 Å². The molecule has 136 valence electrons. The van der Waals surface area contributed by atoms with Crippen molar-refractivity contribution in [3.63, 3.8) is 0 Å². The predicted octanol–water partition coefficient (Wildman–Crippen LogP) is 2.84. The van der Waals surface area contributed by atoms with Gasteiger partial charge in [0.2, 0.25) is 0 Å². The fourth-order valence-corrected chi connectivity index (χ4v) is 4.15. The number of carbonyl (C=O) groups is 1. The largest absolute Gasteiger partial charge is 0.379 e. The molecule has 2 aromatic rings. The van der Waals surface area contributed by atoms with Gasteiger partial charge in [0.15, 0.2) is 0 Å². The number of hydrogen-bond donors (Lipinski definition) is 0. The summed E-state index contributed by atoms with van der Waals surface area (Å²) >= 11 is 0. The van der Waals surface area contributed by atoms with Crippen LogP contribution in [0.5, 0.6) is 0 Å². The van der Waals surface area contributed by atoms with Crippen LogP contribution in [0.2, 0.25) is 0 Å². The number of hydrogen-bond acceptors (Lipinski definition) is 4. The zero-order valence-electron chi connectivity index (χ0n) is 15.0. The molecule has 5 nitrogen and oxygen atoms in total. The molecule has 0 saturated carbocycles. The molecule has 26 heavy (non-hydrogen) atoms. The van der Waals surface area contributed by atoms with Crippen molar-refractivity contribution in [2.45, 2.75) is 12.8 Å². The van der Waals surface area contributed by atoms with E-state index in [0.29, 0.717) is 12.2 Å². The normalized spacial score (nSPS) is 23.7. The van der Waals surface area contributed by atoms with Crippen LogP contribution < -0.4 is 4.90 Å². The smallest absolute Gasteiger partial charge is 0.255 e. The zero-order valence-corrected chi connectivity index (χ0v) is 15.0. The highest BCUT2D eigenvalue weighted by Gasteiger charge is 2.40. The third-order valence-corrected chi connectivity index (χ3v) is 5.42. The number of aromatic nitrogens is 1. The van der Waals surface area contributed by atoms with E-state index in [-0.39, 0.29) is 11.3 Å². The zero-order chi connectivity index (χ0) is 17.8. The summed E-state index contributed by atoms with van der Waals surface area (Å²) in [4.78, 5) is 21.4. The highest BCUT2D eigenvalue weighted by Crippen LogP contribution is 2.35. The first-order chi connectivity index (χ1) is 12.8. The van der Waals surface area contributed by atoms with Crippen LogP contribution in [0.1, 0.15) is 23.2 Å². The molecule has 0 N–H and O–H groups in total. The van der Waals surface area contributed by atoms with Gasteiger partial charge in [-0.15, -0.1) is 0 Å². The van der Waals surface area contributed by atoms with Crippen LogP contribution in [0.3, 0.4) is 0 Å².